The van der Waals surface area contributed by atoms with Gasteiger partial charge in [0.2, 0.25) is 5.75 Å². The molecule has 0 radical (unpaired) electrons. The highest BCUT2D eigenvalue weighted by molar-refractivity contribution is 7.46. The van der Waals surface area contributed by atoms with E-state index >= 15 is 0 Å². The van der Waals surface area contributed by atoms with Crippen LogP contribution in [0.4, 0.5) is 10.1 Å². The van der Waals surface area contributed by atoms with E-state index in [9.17, 15) is 19.1 Å². The van der Waals surface area contributed by atoms with Crippen molar-refractivity contribution in [1.82, 2.24) is 0 Å². The minimum atomic E-state index is -4.88. The number of hydrogen-bond donors (Lipinski definition) is 2. The van der Waals surface area contributed by atoms with Crippen molar-refractivity contribution < 1.29 is 28.2 Å². The van der Waals surface area contributed by atoms with Crippen LogP contribution in [-0.4, -0.2) is 14.7 Å². The number of halogens is 1. The number of nitrogens with zero attached hydrogens (tertiary/aromatic N) is 1. The molecule has 1 aromatic carbocycles. The van der Waals surface area contributed by atoms with Gasteiger partial charge in [0.1, 0.15) is 6.67 Å². The lowest BCUT2D eigenvalue weighted by Crippen LogP contribution is -1.97. The van der Waals surface area contributed by atoms with Crippen molar-refractivity contribution in [2.75, 3.05) is 0 Å². The van der Waals surface area contributed by atoms with Gasteiger partial charge in [-0.3, -0.25) is 19.9 Å². The molecule has 0 aliphatic carbocycles. The molecule has 9 heteroatoms. The van der Waals surface area contributed by atoms with Crippen LogP contribution in [0.25, 0.3) is 0 Å². The lowest BCUT2D eigenvalue weighted by molar-refractivity contribution is -0.385. The summed E-state index contributed by atoms with van der Waals surface area (Å²) in [6.45, 7) is -0.920. The van der Waals surface area contributed by atoms with Gasteiger partial charge in [0, 0.05) is 6.07 Å². The van der Waals surface area contributed by atoms with Gasteiger partial charge in [-0.1, -0.05) is 6.07 Å². The zero-order chi connectivity index (χ0) is 12.3. The van der Waals surface area contributed by atoms with Crippen LogP contribution >= 0.6 is 7.82 Å². The Morgan fingerprint density at radius 1 is 1.50 bits per heavy atom. The monoisotopic (exact) mass is 251 g/mol. The van der Waals surface area contributed by atoms with E-state index in [1.807, 2.05) is 0 Å². The molecule has 0 aliphatic heterocycles. The molecule has 16 heavy (non-hydrogen) atoms. The molecule has 0 saturated heterocycles. The number of hydrogen-bond acceptors (Lipinski definition) is 4. The van der Waals surface area contributed by atoms with Crippen molar-refractivity contribution >= 4 is 13.5 Å². The zero-order valence-electron chi connectivity index (χ0n) is 7.74. The fourth-order valence-corrected chi connectivity index (χ4v) is 1.40. The van der Waals surface area contributed by atoms with Crippen molar-refractivity contribution in [3.8, 4) is 5.75 Å². The van der Waals surface area contributed by atoms with Crippen molar-refractivity contribution in [2.24, 2.45) is 0 Å². The van der Waals surface area contributed by atoms with E-state index in [-0.39, 0.29) is 5.56 Å². The average molecular weight is 251 g/mol. The number of phosphoric acid groups is 1. The Kier molecular flexibility index (Phi) is 3.58. The van der Waals surface area contributed by atoms with Crippen molar-refractivity contribution in [1.29, 1.82) is 0 Å². The van der Waals surface area contributed by atoms with Gasteiger partial charge >= 0.3 is 13.5 Å². The Hall–Kier alpha value is -1.50. The Bertz CT molecular complexity index is 458. The van der Waals surface area contributed by atoms with Gasteiger partial charge in [-0.05, 0) is 11.6 Å². The normalized spacial score (nSPS) is 11.2. The summed E-state index contributed by atoms with van der Waals surface area (Å²) in [7, 11) is -4.88. The first-order valence-corrected chi connectivity index (χ1v) is 5.45. The molecule has 0 heterocycles. The standard InChI is InChI=1S/C7H7FNO6P/c8-4-5-1-2-7(15-16(12,13)14)6(3-5)9(10)11/h1-3H,4H2,(H2,12,13,14). The van der Waals surface area contributed by atoms with Gasteiger partial charge in [0.25, 0.3) is 0 Å². The zero-order valence-corrected chi connectivity index (χ0v) is 8.63. The fraction of sp³-hybridized carbons (Fsp3) is 0.143. The van der Waals surface area contributed by atoms with E-state index in [4.69, 9.17) is 9.79 Å². The topological polar surface area (TPSA) is 110 Å². The fourth-order valence-electron chi connectivity index (χ4n) is 0.994. The van der Waals surface area contributed by atoms with E-state index in [1.54, 1.807) is 0 Å². The van der Waals surface area contributed by atoms with Crippen LogP contribution in [0.1, 0.15) is 5.56 Å². The Morgan fingerprint density at radius 2 is 2.12 bits per heavy atom. The number of phosphoric ester groups is 1. The van der Waals surface area contributed by atoms with Crippen LogP contribution in [0.15, 0.2) is 18.2 Å². The molecule has 0 amide bonds. The molecule has 0 atom stereocenters. The van der Waals surface area contributed by atoms with Crippen LogP contribution in [-0.2, 0) is 11.2 Å². The van der Waals surface area contributed by atoms with E-state index in [2.05, 4.69) is 4.52 Å². The van der Waals surface area contributed by atoms with E-state index < -0.39 is 30.9 Å². The highest BCUT2D eigenvalue weighted by Gasteiger charge is 2.24. The maximum Gasteiger partial charge on any atom is 0.525 e. The van der Waals surface area contributed by atoms with Crippen molar-refractivity contribution in [3.05, 3.63) is 33.9 Å². The molecule has 0 aromatic heterocycles. The number of benzene rings is 1. The predicted molar refractivity (Wildman–Crippen MR) is 50.6 cm³/mol. The van der Waals surface area contributed by atoms with Crippen molar-refractivity contribution in [2.45, 2.75) is 6.67 Å². The van der Waals surface area contributed by atoms with E-state index in [1.165, 1.54) is 0 Å². The van der Waals surface area contributed by atoms with E-state index in [0.717, 1.165) is 18.2 Å². The maximum absolute atomic E-state index is 12.2. The molecule has 0 unspecified atom stereocenters. The summed E-state index contributed by atoms with van der Waals surface area (Å²) < 4.78 is 26.8. The Morgan fingerprint density at radius 3 is 2.56 bits per heavy atom. The summed E-state index contributed by atoms with van der Waals surface area (Å²) in [6, 6.07) is 2.93. The highest BCUT2D eigenvalue weighted by Crippen LogP contribution is 2.41. The second kappa shape index (κ2) is 4.56. The Labute approximate surface area is 88.9 Å². The van der Waals surface area contributed by atoms with Crippen LogP contribution in [0, 0.1) is 10.1 Å². The second-order valence-corrected chi connectivity index (χ2v) is 3.94. The number of nitro groups is 1. The highest BCUT2D eigenvalue weighted by atomic mass is 31.2. The van der Waals surface area contributed by atoms with Crippen LogP contribution in [0.3, 0.4) is 0 Å². The molecule has 1 rings (SSSR count). The molecule has 0 aliphatic rings. The van der Waals surface area contributed by atoms with Gasteiger partial charge in [-0.2, -0.15) is 0 Å². The largest absolute Gasteiger partial charge is 0.525 e. The number of nitro benzene ring substituents is 1. The predicted octanol–water partition coefficient (Wildman–Crippen LogP) is 1.54. The number of alkyl halides is 1. The Balaban J connectivity index is 3.18. The summed E-state index contributed by atoms with van der Waals surface area (Å²) in [6.07, 6.45) is 0. The number of rotatable bonds is 4. The average Bonchev–Trinajstić information content (AvgIpc) is 2.15. The van der Waals surface area contributed by atoms with Gasteiger partial charge in [0.05, 0.1) is 4.92 Å². The molecular weight excluding hydrogens is 244 g/mol. The lowest BCUT2D eigenvalue weighted by Gasteiger charge is -2.07. The molecular formula is C7H7FNO6P. The molecule has 0 fully saturated rings. The molecule has 7 nitrogen and oxygen atoms in total. The third-order valence-electron chi connectivity index (χ3n) is 1.59. The first-order chi connectivity index (χ1) is 7.33. The van der Waals surface area contributed by atoms with Crippen LogP contribution in [0.5, 0.6) is 5.75 Å². The lowest BCUT2D eigenvalue weighted by atomic mass is 10.2. The van der Waals surface area contributed by atoms with Crippen LogP contribution in [0.2, 0.25) is 0 Å². The third-order valence-corrected chi connectivity index (χ3v) is 2.03. The summed E-state index contributed by atoms with van der Waals surface area (Å²) in [5.74, 6) is -0.601. The molecule has 0 bridgehead atoms. The maximum atomic E-state index is 12.2. The molecule has 0 saturated carbocycles. The van der Waals surface area contributed by atoms with Gasteiger partial charge in [0.15, 0.2) is 0 Å². The summed E-state index contributed by atoms with van der Waals surface area (Å²) in [5, 5.41) is 10.5. The van der Waals surface area contributed by atoms with Crippen molar-refractivity contribution in [3.63, 3.8) is 0 Å². The third kappa shape index (κ3) is 3.27. The van der Waals surface area contributed by atoms with Gasteiger partial charge < -0.3 is 4.52 Å². The minimum absolute atomic E-state index is 0.0183. The molecule has 88 valence electrons. The molecule has 2 N–H and O–H groups in total. The smallest absolute Gasteiger partial charge is 0.397 e. The first kappa shape index (κ1) is 12.6. The summed E-state index contributed by atoms with van der Waals surface area (Å²) >= 11 is 0. The quantitative estimate of drug-likeness (QED) is 0.477. The van der Waals surface area contributed by atoms with Gasteiger partial charge in [-0.15, -0.1) is 0 Å². The summed E-state index contributed by atoms with van der Waals surface area (Å²) in [5.41, 5.74) is -0.678. The molecule has 0 spiro atoms. The van der Waals surface area contributed by atoms with E-state index in [0.29, 0.717) is 0 Å². The van der Waals surface area contributed by atoms with Crippen LogP contribution < -0.4 is 4.52 Å². The second-order valence-electron chi connectivity index (χ2n) is 2.77. The first-order valence-electron chi connectivity index (χ1n) is 3.92. The summed E-state index contributed by atoms with van der Waals surface area (Å²) in [4.78, 5) is 26.6. The van der Waals surface area contributed by atoms with Gasteiger partial charge in [-0.25, -0.2) is 8.96 Å². The molecule has 1 aromatic rings. The minimum Gasteiger partial charge on any atom is -0.397 e. The SMILES string of the molecule is O=[N+]([O-])c1cc(CF)ccc1OP(=O)(O)O.